The minimum absolute atomic E-state index is 0.000214. The van der Waals surface area contributed by atoms with Crippen molar-refractivity contribution in [2.45, 2.75) is 76.9 Å². The number of benzene rings is 3. The number of rotatable bonds is 6. The van der Waals surface area contributed by atoms with Crippen molar-refractivity contribution in [2.75, 3.05) is 44.2 Å². The van der Waals surface area contributed by atoms with E-state index in [9.17, 15) is 29.2 Å². The molecule has 0 spiro atoms. The quantitative estimate of drug-likeness (QED) is 0.264. The zero-order valence-corrected chi connectivity index (χ0v) is 32.3. The molecule has 4 aromatic rings. The molecule has 2 N–H and O–H groups in total. The Morgan fingerprint density at radius 2 is 1.63 bits per heavy atom. The molecule has 0 bridgehead atoms. The maximum absolute atomic E-state index is 15.4. The predicted octanol–water partition coefficient (Wildman–Crippen LogP) is 4.80. The summed E-state index contributed by atoms with van der Waals surface area (Å²) in [6.07, 6.45) is 2.83. The normalized spacial score (nSPS) is 21.5. The number of nitrogens with zero attached hydrogens (tertiary/aromatic N) is 5. The topological polar surface area (TPSA) is 150 Å². The van der Waals surface area contributed by atoms with Gasteiger partial charge in [0.15, 0.2) is 5.78 Å². The summed E-state index contributed by atoms with van der Waals surface area (Å²) in [7, 11) is 0. The second-order valence-corrected chi connectivity index (χ2v) is 16.6. The largest absolute Gasteiger partial charge is 0.371 e. The van der Waals surface area contributed by atoms with Crippen molar-refractivity contribution in [1.29, 1.82) is 5.26 Å². The number of anilines is 1. The van der Waals surface area contributed by atoms with E-state index in [2.05, 4.69) is 64.0 Å². The molecule has 3 aromatic carbocycles. The number of aromatic nitrogens is 1. The monoisotopic (exact) mass is 769 g/mol. The first kappa shape index (κ1) is 36.9. The van der Waals surface area contributed by atoms with Gasteiger partial charge in [-0.05, 0) is 78.8 Å². The molecule has 0 saturated carbocycles. The van der Waals surface area contributed by atoms with E-state index < -0.39 is 40.9 Å². The van der Waals surface area contributed by atoms with Gasteiger partial charge in [0.1, 0.15) is 11.9 Å². The van der Waals surface area contributed by atoms with Crippen LogP contribution >= 0.6 is 0 Å². The maximum atomic E-state index is 15.4. The molecule has 4 amide bonds. The summed E-state index contributed by atoms with van der Waals surface area (Å²) in [5.74, 6) is -3.49. The molecule has 5 heterocycles. The Bertz CT molecular complexity index is 2470. The fourth-order valence-electron chi connectivity index (χ4n) is 9.87. The number of nitriles is 1. The number of amides is 4. The van der Waals surface area contributed by atoms with E-state index in [-0.39, 0.29) is 29.8 Å². The molecule has 0 radical (unpaired) electrons. The highest BCUT2D eigenvalue weighted by Crippen LogP contribution is 2.46. The summed E-state index contributed by atoms with van der Waals surface area (Å²) in [5.41, 5.74) is 6.86. The van der Waals surface area contributed by atoms with E-state index in [1.54, 1.807) is 12.1 Å². The van der Waals surface area contributed by atoms with Crippen molar-refractivity contribution in [3.8, 4) is 6.07 Å². The molecule has 1 atom stereocenters. The molecule has 1 unspecified atom stereocenters. The summed E-state index contributed by atoms with van der Waals surface area (Å²) in [4.78, 5) is 76.2. The zero-order chi connectivity index (χ0) is 39.9. The Hall–Kier alpha value is -5.71. The maximum Gasteiger partial charge on any atom is 0.265 e. The molecule has 57 heavy (non-hydrogen) atoms. The number of nitrogens with one attached hydrogen (secondary N) is 2. The van der Waals surface area contributed by atoms with Gasteiger partial charge in [-0.15, -0.1) is 0 Å². The number of ketones is 1. The molecular formula is C44H44FN7O5. The van der Waals surface area contributed by atoms with Gasteiger partial charge in [0, 0.05) is 91.5 Å². The molecule has 13 heteroatoms. The number of H-pyrrole nitrogens is 1. The minimum atomic E-state index is -1.14. The van der Waals surface area contributed by atoms with Gasteiger partial charge in [0.25, 0.3) is 11.8 Å². The molecule has 3 fully saturated rings. The average Bonchev–Trinajstić information content (AvgIpc) is 3.72. The molecule has 1 aliphatic carbocycles. The Balaban J connectivity index is 0.846. The van der Waals surface area contributed by atoms with E-state index in [0.717, 1.165) is 96.7 Å². The first-order valence-corrected chi connectivity index (χ1v) is 19.9. The minimum Gasteiger partial charge on any atom is -0.371 e. The van der Waals surface area contributed by atoms with Crippen LogP contribution in [0.5, 0.6) is 0 Å². The fourth-order valence-corrected chi connectivity index (χ4v) is 9.87. The van der Waals surface area contributed by atoms with E-state index in [1.807, 2.05) is 12.1 Å². The fraction of sp³-hybridized carbons (Fsp3) is 0.409. The van der Waals surface area contributed by atoms with Crippen LogP contribution in [0.2, 0.25) is 0 Å². The lowest BCUT2D eigenvalue weighted by molar-refractivity contribution is -0.136. The van der Waals surface area contributed by atoms with E-state index >= 15 is 4.39 Å². The number of fused-ring (bicyclic) bond motifs is 5. The number of carbonyl (C=O) groups is 5. The Morgan fingerprint density at radius 3 is 2.33 bits per heavy atom. The summed E-state index contributed by atoms with van der Waals surface area (Å²) in [6.45, 7) is 12.0. The molecule has 9 rings (SSSR count). The summed E-state index contributed by atoms with van der Waals surface area (Å²) < 4.78 is 15.4. The average molecular weight is 770 g/mol. The Morgan fingerprint density at radius 1 is 0.877 bits per heavy atom. The van der Waals surface area contributed by atoms with Gasteiger partial charge in [0.2, 0.25) is 11.8 Å². The van der Waals surface area contributed by atoms with Crippen molar-refractivity contribution < 1.29 is 28.4 Å². The van der Waals surface area contributed by atoms with E-state index in [4.69, 9.17) is 0 Å². The standard InChI is InChI=1S/C44H44FN7O5/c1-4-26-20-29-31(44(2,3)40-38(39(29)54)28-6-5-24(22-46)19-33(28)47-40)21-35(26)51-11-9-27(10-12-51)50-15-13-49(14-16-50)23-25-17-30-37(32(45)18-25)43(57)52(42(30)56)34-7-8-36(53)48-41(34)55/h5-6,17-21,27,34,47H,4,7-16,23H2,1-3H3,(H,48,53,55). The summed E-state index contributed by atoms with van der Waals surface area (Å²) in [6, 6.07) is 14.2. The van der Waals surface area contributed by atoms with Gasteiger partial charge in [-0.25, -0.2) is 4.39 Å². The predicted molar refractivity (Wildman–Crippen MR) is 210 cm³/mol. The number of imide groups is 2. The highest BCUT2D eigenvalue weighted by atomic mass is 19.1. The second kappa shape index (κ2) is 13.7. The third-order valence-electron chi connectivity index (χ3n) is 13.0. The molecule has 12 nitrogen and oxygen atoms in total. The van der Waals surface area contributed by atoms with Crippen LogP contribution in [0.15, 0.2) is 42.5 Å². The van der Waals surface area contributed by atoms with Crippen molar-refractivity contribution in [3.05, 3.63) is 98.5 Å². The molecule has 3 saturated heterocycles. The van der Waals surface area contributed by atoms with E-state index in [1.165, 1.54) is 11.8 Å². The van der Waals surface area contributed by atoms with Crippen LogP contribution in [-0.4, -0.2) is 100 Å². The first-order valence-electron chi connectivity index (χ1n) is 19.9. The summed E-state index contributed by atoms with van der Waals surface area (Å²) >= 11 is 0. The van der Waals surface area contributed by atoms with Crippen molar-refractivity contribution in [2.24, 2.45) is 0 Å². The number of piperidine rings is 2. The Labute approximate surface area is 329 Å². The van der Waals surface area contributed by atoms with Gasteiger partial charge in [-0.1, -0.05) is 26.8 Å². The van der Waals surface area contributed by atoms with Crippen LogP contribution in [0.4, 0.5) is 10.1 Å². The number of hydrogen-bond acceptors (Lipinski definition) is 9. The first-order chi connectivity index (χ1) is 27.4. The molecule has 1 aromatic heterocycles. The smallest absolute Gasteiger partial charge is 0.265 e. The zero-order valence-electron chi connectivity index (χ0n) is 32.3. The van der Waals surface area contributed by atoms with Gasteiger partial charge in [-0.3, -0.25) is 44.0 Å². The number of halogens is 1. The van der Waals surface area contributed by atoms with Gasteiger partial charge >= 0.3 is 0 Å². The number of piperazine rings is 1. The number of carbonyl (C=O) groups excluding carboxylic acids is 5. The highest BCUT2D eigenvalue weighted by Gasteiger charge is 2.46. The van der Waals surface area contributed by atoms with Crippen molar-refractivity contribution in [1.82, 2.24) is 25.0 Å². The van der Waals surface area contributed by atoms with Crippen LogP contribution in [0.25, 0.3) is 10.9 Å². The second-order valence-electron chi connectivity index (χ2n) is 16.6. The van der Waals surface area contributed by atoms with Crippen LogP contribution in [0.1, 0.15) is 111 Å². The third-order valence-corrected chi connectivity index (χ3v) is 13.0. The lowest BCUT2D eigenvalue weighted by atomic mass is 9.70. The molecule has 5 aliphatic rings. The SMILES string of the molecule is CCc1cc2c(cc1N1CCC(N3CCN(Cc4cc(F)c5c(c4)C(=O)N(C4CCC(=O)NC4=O)C5=O)CC3)CC1)C(C)(C)c1[nH]c3cc(C#N)ccc3c1C2=O. The van der Waals surface area contributed by atoms with Crippen LogP contribution < -0.4 is 10.2 Å². The third kappa shape index (κ3) is 5.96. The summed E-state index contributed by atoms with van der Waals surface area (Å²) in [5, 5.41) is 12.5. The lowest BCUT2D eigenvalue weighted by Gasteiger charge is -2.44. The molecular weight excluding hydrogens is 726 g/mol. The Kier molecular flexibility index (Phi) is 8.90. The lowest BCUT2D eigenvalue weighted by Crippen LogP contribution is -2.54. The highest BCUT2D eigenvalue weighted by molar-refractivity contribution is 6.24. The number of hydrogen-bond donors (Lipinski definition) is 2. The van der Waals surface area contributed by atoms with Crippen LogP contribution in [0.3, 0.4) is 0 Å². The number of aryl methyl sites for hydroxylation is 1. The number of aromatic amines is 1. The molecule has 4 aliphatic heterocycles. The van der Waals surface area contributed by atoms with Crippen LogP contribution in [-0.2, 0) is 28.0 Å². The van der Waals surface area contributed by atoms with Gasteiger partial charge < -0.3 is 9.88 Å². The van der Waals surface area contributed by atoms with Crippen molar-refractivity contribution >= 4 is 46.0 Å². The van der Waals surface area contributed by atoms with Crippen LogP contribution in [0, 0.1) is 17.1 Å². The van der Waals surface area contributed by atoms with Gasteiger partial charge in [-0.2, -0.15) is 5.26 Å². The molecule has 292 valence electrons. The van der Waals surface area contributed by atoms with Crippen molar-refractivity contribution in [3.63, 3.8) is 0 Å². The van der Waals surface area contributed by atoms with E-state index in [0.29, 0.717) is 29.3 Å². The van der Waals surface area contributed by atoms with Gasteiger partial charge in [0.05, 0.1) is 28.3 Å².